The molecule has 0 aliphatic heterocycles. The van der Waals surface area contributed by atoms with Crippen LogP contribution < -0.4 is 0 Å². The van der Waals surface area contributed by atoms with E-state index in [1.807, 2.05) is 0 Å². The first kappa shape index (κ1) is 58.6. The van der Waals surface area contributed by atoms with Gasteiger partial charge in [-0.25, -0.2) is 65.9 Å². The largest absolute Gasteiger partial charge is 0.480 e. The van der Waals surface area contributed by atoms with Gasteiger partial charge in [-0.3, -0.25) is 43.2 Å². The highest BCUT2D eigenvalue weighted by Crippen LogP contribution is 3.08. The molecule has 14 aromatic carbocycles. The highest BCUT2D eigenvalue weighted by atomic mass is 19.2. The Bertz CT molecular complexity index is 7320. The predicted molar refractivity (Wildman–Crippen MR) is 338 cm³/mol. The molecule has 112 heavy (non-hydrogen) atoms. The van der Waals surface area contributed by atoms with E-state index in [0.717, 1.165) is 0 Å². The Balaban J connectivity index is 1.09. The summed E-state index contributed by atoms with van der Waals surface area (Å²) in [5, 5.41) is 3.70. The minimum atomic E-state index is -6.93. The van der Waals surface area contributed by atoms with E-state index in [1.54, 1.807) is 0 Å². The molecular formula is C79H23F15O18. The molecule has 18 aliphatic carbocycles. The van der Waals surface area contributed by atoms with Crippen molar-refractivity contribution >= 4 is 183 Å². The van der Waals surface area contributed by atoms with Crippen molar-refractivity contribution in [1.82, 2.24) is 0 Å². The number of rotatable bonds is 12. The summed E-state index contributed by atoms with van der Waals surface area (Å²) in [7, 11) is 1.99. The Hall–Kier alpha value is -11.3. The molecule has 0 radical (unpaired) electrons. The van der Waals surface area contributed by atoms with Crippen LogP contribution in [0.3, 0.4) is 0 Å². The number of halogens is 15. The topological polar surface area (TPSA) is 259 Å². The number of carbonyl (C=O) groups excluding carboxylic acids is 7. The van der Waals surface area contributed by atoms with Crippen molar-refractivity contribution in [2.75, 3.05) is 49.8 Å². The van der Waals surface area contributed by atoms with Crippen molar-refractivity contribution in [3.63, 3.8) is 0 Å². The number of methoxy groups -OCH3 is 7. The fraction of sp³-hybridized carbons (Fsp3) is 0.354. The number of hydrogen-bond donors (Lipinski definition) is 2. The zero-order valence-electron chi connectivity index (χ0n) is 56.1. The summed E-state index contributed by atoms with van der Waals surface area (Å²) in [6, 6.07) is 0. The quantitative estimate of drug-likeness (QED) is 0.0379. The van der Waals surface area contributed by atoms with Crippen LogP contribution in [0, 0.1) is 16.2 Å². The monoisotopic (exact) mass is 1540 g/mol. The van der Waals surface area contributed by atoms with Crippen LogP contribution >= 0.6 is 0 Å². The molecule has 0 saturated carbocycles. The normalized spacial score (nSPS) is 41.6. The summed E-state index contributed by atoms with van der Waals surface area (Å²) in [6.45, 7) is 0. The molecule has 0 saturated heterocycles. The van der Waals surface area contributed by atoms with Gasteiger partial charge >= 0.3 is 53.7 Å². The smallest absolute Gasteiger partial charge is 0.336 e. The molecule has 552 valence electrons. The molecule has 0 aromatic heterocycles. The SMILES string of the molecule is COC(=O)C(C(=O)O)(C(=O)O)C12c3c4c5c6c7c8c9c%10c%11c%12c%13c%14c%15c%16c%17c%18c%19c(c1c1c3c3c5c8c5c3c3c1c%19c%16c3c1c%15c%12c9c51)C1(F)C%18(F)C3(F)c5c8c9c%12c%15c5C(F)(C%13(F)C%11(F)C%15(F)C(F)(C%12(F)C6(F)C4(F)C9(F)C2(F)C81F)C7%10C(C(=O)OC)(C(=O)OC)C(=O)OC)C3(F)C%17%14C(C(=O)OC)(C(=O)OC)C(=O)OC. The van der Waals surface area contributed by atoms with E-state index in [-0.39, 0.29) is 7.11 Å². The first-order chi connectivity index (χ1) is 52.7. The molecule has 0 amide bonds. The fourth-order valence-corrected chi connectivity index (χ4v) is 33.4. The molecule has 2 N–H and O–H groups in total. The van der Waals surface area contributed by atoms with Crippen molar-refractivity contribution in [2.24, 2.45) is 16.2 Å². The second kappa shape index (κ2) is 12.9. The van der Waals surface area contributed by atoms with E-state index in [2.05, 4.69) is 0 Å². The summed E-state index contributed by atoms with van der Waals surface area (Å²) in [5.74, 6) is -25.9. The van der Waals surface area contributed by atoms with Gasteiger partial charge in [-0.1, -0.05) is 0 Å². The van der Waals surface area contributed by atoms with Gasteiger partial charge in [0.05, 0.1) is 49.8 Å². The number of carbonyl (C=O) groups is 9. The molecule has 33 heteroatoms. The molecule has 0 spiro atoms. The number of aliphatic carboxylic acids is 2. The van der Waals surface area contributed by atoms with Crippen LogP contribution in [0.5, 0.6) is 0 Å². The number of esters is 7. The van der Waals surface area contributed by atoms with Crippen molar-refractivity contribution in [3.05, 3.63) is 100 Å². The van der Waals surface area contributed by atoms with E-state index in [0.29, 0.717) is 42.7 Å². The molecule has 0 fully saturated rings. The predicted octanol–water partition coefficient (Wildman–Crippen LogP) is 10.6. The maximum atomic E-state index is 24.4. The molecule has 16 unspecified atom stereocenters. The highest BCUT2D eigenvalue weighted by Gasteiger charge is 3.20. The Kier molecular flexibility index (Phi) is 6.74. The lowest BCUT2D eigenvalue weighted by atomic mass is 9.32. The van der Waals surface area contributed by atoms with Gasteiger partial charge in [-0.2, -0.15) is 0 Å². The summed E-state index contributed by atoms with van der Waals surface area (Å²) >= 11 is 0. The number of alkyl halides is 15. The van der Waals surface area contributed by atoms with Crippen molar-refractivity contribution in [1.29, 1.82) is 0 Å². The lowest BCUT2D eigenvalue weighted by Gasteiger charge is -2.71. The number of benzene rings is 11. The zero-order chi connectivity index (χ0) is 77.9. The molecule has 14 aromatic rings. The number of carboxylic acids is 2. The van der Waals surface area contributed by atoms with E-state index in [9.17, 15) is 10.2 Å². The van der Waals surface area contributed by atoms with Gasteiger partial charge in [-0.05, 0) is 163 Å². The third kappa shape index (κ3) is 2.90. The van der Waals surface area contributed by atoms with Crippen LogP contribution in [0.1, 0.15) is 100 Å². The Morgan fingerprint density at radius 2 is 0.330 bits per heavy atom. The standard InChI is InChI=1S/C79H23F15O18/c1-106-52(99)59(50(95)96,51(97)98)62-32-23-14-8-9-11-13-12-10(8)16-20(14)29-38(32)65(80)67(82)40(29)34-25(16)27-18(12)22-19(13)28-26-17(11)21-15(9)24(23)33(62)39-30(21)41-35(26)64(61(56(103)110-5,57(104)111-6)58(105)112-7)37(28)43-31(22)42-36(27)63(34,60(53(100)107-2,54(101)108-3)55(102)109-4)78(93)73(67,88)46-44-45-47-49-48(46)75(78,90)69(42,84)70(43,85)76(49,91)79(64,94)74(47,89)68(41,83)66(39,81)72(45,87)77(62,92)71(44,65)86/h1-7H3,(H,95,96)(H,97,98). The van der Waals surface area contributed by atoms with E-state index in [4.69, 9.17) is 33.2 Å². The third-order valence-corrected chi connectivity index (χ3v) is 34.3. The van der Waals surface area contributed by atoms with E-state index in [1.165, 1.54) is 0 Å². The van der Waals surface area contributed by atoms with E-state index >= 15 is 109 Å². The van der Waals surface area contributed by atoms with Crippen LogP contribution in [-0.2, 0) is 161 Å². The first-order valence-corrected chi connectivity index (χ1v) is 34.9. The lowest BCUT2D eigenvalue weighted by molar-refractivity contribution is -0.371. The molecule has 18 nitrogen and oxygen atoms in total. The molecule has 18 aliphatic rings. The van der Waals surface area contributed by atoms with Gasteiger partial charge in [0.1, 0.15) is 16.2 Å². The van der Waals surface area contributed by atoms with Gasteiger partial charge in [0.15, 0.2) is 0 Å². The fourth-order valence-electron chi connectivity index (χ4n) is 33.4. The molecule has 0 bridgehead atoms. The maximum absolute atomic E-state index is 24.4. The second-order valence-electron chi connectivity index (χ2n) is 34.2. The van der Waals surface area contributed by atoms with Crippen LogP contribution in [0.2, 0.25) is 0 Å². The third-order valence-electron chi connectivity index (χ3n) is 34.3. The number of carboxylic acid groups (broad SMARTS) is 2. The summed E-state index contributed by atoms with van der Waals surface area (Å²) < 4.78 is 394. The van der Waals surface area contributed by atoms with Gasteiger partial charge in [-0.15, -0.1) is 0 Å². The summed E-state index contributed by atoms with van der Waals surface area (Å²) in [5.41, 5.74) is -177. The lowest BCUT2D eigenvalue weighted by Crippen LogP contribution is -2.90. The highest BCUT2D eigenvalue weighted by molar-refractivity contribution is 6.68. The second-order valence-corrected chi connectivity index (χ2v) is 34.2. The van der Waals surface area contributed by atoms with Crippen LogP contribution in [0.4, 0.5) is 65.9 Å². The maximum Gasteiger partial charge on any atom is 0.336 e. The number of hydrogen-bond acceptors (Lipinski definition) is 16. The molecular weight excluding hydrogens is 1520 g/mol. The Morgan fingerprint density at radius 1 is 0.196 bits per heavy atom. The van der Waals surface area contributed by atoms with Gasteiger partial charge in [0, 0.05) is 66.8 Å². The van der Waals surface area contributed by atoms with Gasteiger partial charge in [0.2, 0.25) is 85.0 Å². The average Bonchev–Trinajstić information content (AvgIpc) is 1.33. The first-order valence-electron chi connectivity index (χ1n) is 34.9. The minimum Gasteiger partial charge on any atom is -0.480 e. The Morgan fingerprint density at radius 3 is 0.482 bits per heavy atom. The average molecular weight is 1550 g/mol. The van der Waals surface area contributed by atoms with Crippen molar-refractivity contribution < 1.29 is 152 Å². The minimum absolute atomic E-state index is 0.187. The van der Waals surface area contributed by atoms with Gasteiger partial charge in [0.25, 0.3) is 16.2 Å². The van der Waals surface area contributed by atoms with Crippen molar-refractivity contribution in [2.45, 2.75) is 101 Å². The molecule has 16 atom stereocenters. The number of ether oxygens (including phenoxy) is 7. The van der Waals surface area contributed by atoms with Gasteiger partial charge < -0.3 is 43.4 Å². The van der Waals surface area contributed by atoms with Crippen LogP contribution in [-0.4, -0.2) is 131 Å². The summed E-state index contributed by atoms with van der Waals surface area (Å²) in [6.07, 6.45) is 0. The van der Waals surface area contributed by atoms with Crippen LogP contribution in [0.25, 0.3) is 129 Å². The Labute approximate surface area is 600 Å². The molecule has 32 rings (SSSR count). The van der Waals surface area contributed by atoms with Crippen LogP contribution in [0.15, 0.2) is 0 Å². The zero-order valence-corrected chi connectivity index (χ0v) is 56.1. The molecule has 0 heterocycles. The van der Waals surface area contributed by atoms with Crippen molar-refractivity contribution in [3.8, 4) is 0 Å². The summed E-state index contributed by atoms with van der Waals surface area (Å²) in [4.78, 5) is 148. The van der Waals surface area contributed by atoms with E-state index < -0.39 is 401 Å².